The maximum Gasteiger partial charge on any atom is 0.306 e. The van der Waals surface area contributed by atoms with Gasteiger partial charge in [0.1, 0.15) is 24.4 Å². The third kappa shape index (κ3) is 40.6. The van der Waals surface area contributed by atoms with Crippen molar-refractivity contribution in [1.82, 2.24) is 5.32 Å². The SMILES string of the molecule is CC/C=C\C/C=C\C/C=C\C/C=C\C/C=C\CCCCCCCCCCCC(=O)OC1C(OCC(NC(=O)C(O)CC/C=C/C=C\C=C/C=C/C=C/CC)C(O)/C=C/CCCCCCCCCCC)OC(CO)C(O)C1O. The van der Waals surface area contributed by atoms with Crippen LogP contribution in [0.4, 0.5) is 0 Å². The van der Waals surface area contributed by atoms with Crippen molar-refractivity contribution in [2.45, 2.75) is 256 Å². The molecular formula is C66H107NO10. The molecule has 0 spiro atoms. The topological polar surface area (TPSA) is 175 Å². The Balaban J connectivity index is 2.65. The fraction of sp³-hybridized carbons (Fsp3) is 0.636. The first-order valence-corrected chi connectivity index (χ1v) is 30.0. The molecule has 1 amide bonds. The molecule has 0 aliphatic carbocycles. The molecule has 11 nitrogen and oxygen atoms in total. The van der Waals surface area contributed by atoms with E-state index in [1.807, 2.05) is 60.8 Å². The van der Waals surface area contributed by atoms with E-state index in [0.29, 0.717) is 12.8 Å². The van der Waals surface area contributed by atoms with E-state index in [2.05, 4.69) is 92.9 Å². The lowest BCUT2D eigenvalue weighted by molar-refractivity contribution is -0.305. The van der Waals surface area contributed by atoms with Gasteiger partial charge in [0.2, 0.25) is 5.91 Å². The molecule has 1 heterocycles. The van der Waals surface area contributed by atoms with Crippen molar-refractivity contribution in [2.75, 3.05) is 13.2 Å². The molecule has 77 heavy (non-hydrogen) atoms. The molecule has 0 saturated carbocycles. The van der Waals surface area contributed by atoms with E-state index < -0.39 is 67.4 Å². The molecule has 1 aliphatic rings. The van der Waals surface area contributed by atoms with Gasteiger partial charge in [-0.2, -0.15) is 0 Å². The summed E-state index contributed by atoms with van der Waals surface area (Å²) in [4.78, 5) is 26.4. The van der Waals surface area contributed by atoms with Gasteiger partial charge in [0, 0.05) is 6.42 Å². The number of carbonyl (C=O) groups excluding carboxylic acids is 2. The van der Waals surface area contributed by atoms with Crippen molar-refractivity contribution in [3.8, 4) is 0 Å². The summed E-state index contributed by atoms with van der Waals surface area (Å²) >= 11 is 0. The Morgan fingerprint density at radius 3 is 1.53 bits per heavy atom. The molecule has 0 aromatic heterocycles. The third-order valence-corrected chi connectivity index (χ3v) is 13.2. The van der Waals surface area contributed by atoms with Crippen molar-refractivity contribution >= 4 is 11.9 Å². The number of ether oxygens (including phenoxy) is 3. The zero-order valence-electron chi connectivity index (χ0n) is 48.0. The van der Waals surface area contributed by atoms with E-state index in [1.165, 1.54) is 64.2 Å². The minimum atomic E-state index is -1.64. The average Bonchev–Trinajstić information content (AvgIpc) is 3.43. The van der Waals surface area contributed by atoms with Crippen LogP contribution >= 0.6 is 0 Å². The molecule has 436 valence electrons. The summed E-state index contributed by atoms with van der Waals surface area (Å²) in [7, 11) is 0. The number of nitrogens with one attached hydrogen (secondary N) is 1. The van der Waals surface area contributed by atoms with Gasteiger partial charge in [-0.1, -0.05) is 251 Å². The van der Waals surface area contributed by atoms with E-state index in [4.69, 9.17) is 14.2 Å². The number of allylic oxidation sites excluding steroid dienone is 21. The second-order valence-corrected chi connectivity index (χ2v) is 20.1. The molecule has 8 unspecified atom stereocenters. The number of hydrogen-bond acceptors (Lipinski definition) is 10. The summed E-state index contributed by atoms with van der Waals surface area (Å²) in [5.74, 6) is -1.29. The molecule has 0 aromatic carbocycles. The predicted molar refractivity (Wildman–Crippen MR) is 319 cm³/mol. The summed E-state index contributed by atoms with van der Waals surface area (Å²) in [6, 6.07) is -1.07. The van der Waals surface area contributed by atoms with Crippen LogP contribution in [0.2, 0.25) is 0 Å². The smallest absolute Gasteiger partial charge is 0.306 e. The van der Waals surface area contributed by atoms with Crippen LogP contribution in [0, 0.1) is 0 Å². The lowest BCUT2D eigenvalue weighted by atomic mass is 9.99. The number of esters is 1. The van der Waals surface area contributed by atoms with Crippen molar-refractivity contribution in [3.05, 3.63) is 134 Å². The van der Waals surface area contributed by atoms with Crippen LogP contribution < -0.4 is 5.32 Å². The highest BCUT2D eigenvalue weighted by molar-refractivity contribution is 5.80. The summed E-state index contributed by atoms with van der Waals surface area (Å²) in [6.07, 6.45) is 63.7. The zero-order valence-corrected chi connectivity index (χ0v) is 48.0. The number of hydrogen-bond donors (Lipinski definition) is 6. The van der Waals surface area contributed by atoms with Crippen molar-refractivity contribution < 1.29 is 49.3 Å². The number of carbonyl (C=O) groups is 2. The first-order chi connectivity index (χ1) is 37.7. The first-order valence-electron chi connectivity index (χ1n) is 30.0. The third-order valence-electron chi connectivity index (χ3n) is 13.2. The molecule has 8 atom stereocenters. The Hall–Kier alpha value is -4.20. The van der Waals surface area contributed by atoms with Crippen LogP contribution in [0.3, 0.4) is 0 Å². The van der Waals surface area contributed by atoms with Gasteiger partial charge in [0.25, 0.3) is 0 Å². The quantitative estimate of drug-likeness (QED) is 0.0149. The van der Waals surface area contributed by atoms with E-state index in [9.17, 15) is 35.1 Å². The molecule has 6 N–H and O–H groups in total. The fourth-order valence-corrected chi connectivity index (χ4v) is 8.47. The van der Waals surface area contributed by atoms with Crippen LogP contribution in [-0.4, -0.2) is 99.6 Å². The lowest BCUT2D eigenvalue weighted by Gasteiger charge is -2.41. The molecule has 11 heteroatoms. The number of amides is 1. The second-order valence-electron chi connectivity index (χ2n) is 20.1. The summed E-state index contributed by atoms with van der Waals surface area (Å²) in [5.41, 5.74) is 0. The van der Waals surface area contributed by atoms with Crippen molar-refractivity contribution in [3.63, 3.8) is 0 Å². The minimum absolute atomic E-state index is 0.0988. The Morgan fingerprint density at radius 1 is 0.532 bits per heavy atom. The zero-order chi connectivity index (χ0) is 56.1. The molecule has 0 radical (unpaired) electrons. The van der Waals surface area contributed by atoms with Crippen LogP contribution in [-0.2, 0) is 23.8 Å². The minimum Gasteiger partial charge on any atom is -0.454 e. The van der Waals surface area contributed by atoms with Crippen LogP contribution in [0.25, 0.3) is 0 Å². The number of aliphatic hydroxyl groups excluding tert-OH is 5. The van der Waals surface area contributed by atoms with Gasteiger partial charge in [0.15, 0.2) is 12.4 Å². The highest BCUT2D eigenvalue weighted by atomic mass is 16.7. The summed E-state index contributed by atoms with van der Waals surface area (Å²) in [5, 5.41) is 56.7. The van der Waals surface area contributed by atoms with E-state index >= 15 is 0 Å². The molecular weight excluding hydrogens is 967 g/mol. The number of unbranched alkanes of at least 4 members (excludes halogenated alkanes) is 18. The molecule has 1 rings (SSSR count). The van der Waals surface area contributed by atoms with Gasteiger partial charge in [-0.15, -0.1) is 0 Å². The monoisotopic (exact) mass is 1070 g/mol. The van der Waals surface area contributed by atoms with Crippen LogP contribution in [0.5, 0.6) is 0 Å². The molecule has 1 aliphatic heterocycles. The van der Waals surface area contributed by atoms with Crippen molar-refractivity contribution in [2.24, 2.45) is 0 Å². The largest absolute Gasteiger partial charge is 0.454 e. The first kappa shape index (κ1) is 70.8. The highest BCUT2D eigenvalue weighted by Crippen LogP contribution is 2.26. The van der Waals surface area contributed by atoms with E-state index in [0.717, 1.165) is 96.3 Å². The Labute approximate surface area is 467 Å². The molecule has 0 aromatic rings. The van der Waals surface area contributed by atoms with Crippen LogP contribution in [0.1, 0.15) is 207 Å². The van der Waals surface area contributed by atoms with Gasteiger partial charge in [0.05, 0.1) is 25.4 Å². The Morgan fingerprint density at radius 2 is 1.00 bits per heavy atom. The standard InChI is InChI=1S/C66H107NO10/c1-4-7-10-13-16-19-22-24-25-26-27-28-29-30-31-32-33-34-35-36-39-42-45-48-51-54-61(71)77-64-63(73)62(72)60(55-68)76-66(64)75-56-57(58(69)52-49-46-43-40-37-21-18-15-12-9-6-3)67-65(74)59(70)53-50-47-44-41-38-23-20-17-14-11-8-5-2/h7-8,10-11,14,16-17,19-20,23-25,27-28,30-31,38,41,44,47,49,52,57-60,62-64,66,68-70,72-73H,4-6,9,12-13,15,18,21-22,26,29,32-37,39-40,42-43,45-46,48,50-51,53-56H2,1-3H3,(H,67,74)/b10-7-,11-8+,17-14+,19-16-,23-20-,25-24-,28-27-,31-30-,41-38-,47-44+,52-49+. The van der Waals surface area contributed by atoms with Gasteiger partial charge >= 0.3 is 5.97 Å². The van der Waals surface area contributed by atoms with Gasteiger partial charge in [-0.05, 0) is 83.5 Å². The van der Waals surface area contributed by atoms with Gasteiger partial charge in [-0.3, -0.25) is 9.59 Å². The van der Waals surface area contributed by atoms with Gasteiger partial charge < -0.3 is 45.1 Å². The van der Waals surface area contributed by atoms with E-state index in [1.54, 1.807) is 6.08 Å². The van der Waals surface area contributed by atoms with Crippen LogP contribution in [0.15, 0.2) is 134 Å². The highest BCUT2D eigenvalue weighted by Gasteiger charge is 2.47. The normalized spacial score (nSPS) is 20.0. The lowest BCUT2D eigenvalue weighted by Crippen LogP contribution is -2.61. The van der Waals surface area contributed by atoms with Crippen molar-refractivity contribution in [1.29, 1.82) is 0 Å². The Bertz CT molecular complexity index is 1760. The number of aliphatic hydroxyl groups is 5. The molecule has 1 fully saturated rings. The maximum atomic E-state index is 13.3. The molecule has 0 bridgehead atoms. The summed E-state index contributed by atoms with van der Waals surface area (Å²) < 4.78 is 17.5. The van der Waals surface area contributed by atoms with Gasteiger partial charge in [-0.25, -0.2) is 0 Å². The maximum absolute atomic E-state index is 13.3. The summed E-state index contributed by atoms with van der Waals surface area (Å²) in [6.45, 7) is 5.44. The molecule has 1 saturated heterocycles. The predicted octanol–water partition coefficient (Wildman–Crippen LogP) is 14.1. The Kier molecular flexibility index (Phi) is 48.3. The fourth-order valence-electron chi connectivity index (χ4n) is 8.47. The van der Waals surface area contributed by atoms with E-state index in [-0.39, 0.29) is 19.4 Å². The second kappa shape index (κ2) is 52.5. The average molecular weight is 1070 g/mol. The number of rotatable bonds is 48.